The summed E-state index contributed by atoms with van der Waals surface area (Å²) in [7, 11) is 16.8. The summed E-state index contributed by atoms with van der Waals surface area (Å²) >= 11 is -6.53. The van der Waals surface area contributed by atoms with E-state index in [-0.39, 0.29) is 47.2 Å². The Hall–Kier alpha value is -4.36. The van der Waals surface area contributed by atoms with Crippen LogP contribution in [0.5, 0.6) is 0 Å². The summed E-state index contributed by atoms with van der Waals surface area (Å²) in [5, 5.41) is 2.12. The second-order valence-electron chi connectivity index (χ2n) is 19.1. The van der Waals surface area contributed by atoms with Crippen molar-refractivity contribution >= 4 is 52.3 Å². The predicted octanol–water partition coefficient (Wildman–Crippen LogP) is 16.8. The maximum absolute atomic E-state index is 14.5. The molecule has 0 spiro atoms. The number of aryl methyl sites for hydroxylation is 2. The fourth-order valence-electron chi connectivity index (χ4n) is 11.9. The molecule has 0 amide bonds. The molecule has 0 fully saturated rings. The maximum atomic E-state index is 14.5. The van der Waals surface area contributed by atoms with Crippen molar-refractivity contribution in [3.05, 3.63) is 170 Å². The van der Waals surface area contributed by atoms with Crippen LogP contribution < -0.4 is 13.6 Å². The monoisotopic (exact) mass is 1140 g/mol. The molecule has 2 aliphatic carbocycles. The average Bonchev–Trinajstić information content (AvgIpc) is 4.01. The normalized spacial score (nSPS) is 17.6. The van der Waals surface area contributed by atoms with Crippen molar-refractivity contribution in [1.29, 1.82) is 0 Å². The van der Waals surface area contributed by atoms with Crippen molar-refractivity contribution in [3.8, 4) is 33.4 Å². The van der Waals surface area contributed by atoms with Crippen molar-refractivity contribution in [2.45, 2.75) is 98.2 Å². The zero-order valence-electron chi connectivity index (χ0n) is 39.4. The molecular weight excluding hydrogens is 1090 g/mol. The second-order valence-corrected chi connectivity index (χ2v) is 41.6. The summed E-state index contributed by atoms with van der Waals surface area (Å²) in [4.78, 5) is 0. The average molecular weight is 1140 g/mol. The van der Waals surface area contributed by atoms with Gasteiger partial charge in [-0.15, -0.1) is 0 Å². The van der Waals surface area contributed by atoms with Crippen LogP contribution in [0.1, 0.15) is 116 Å². The Kier molecular flexibility index (Phi) is 13.5. The molecule has 72 heavy (non-hydrogen) atoms. The number of allylic oxidation sites excluding steroid dienone is 2. The third-order valence-electron chi connectivity index (χ3n) is 14.8. The van der Waals surface area contributed by atoms with E-state index < -0.39 is 80.1 Å². The van der Waals surface area contributed by atoms with Gasteiger partial charge < -0.3 is 0 Å². The molecule has 0 radical (unpaired) electrons. The van der Waals surface area contributed by atoms with Gasteiger partial charge in [0.15, 0.2) is 0 Å². The Morgan fingerprint density at radius 1 is 0.486 bits per heavy atom. The summed E-state index contributed by atoms with van der Waals surface area (Å²) in [5.74, 6) is 0. The first-order valence-electron chi connectivity index (χ1n) is 23.8. The molecule has 1 aliphatic heterocycles. The summed E-state index contributed by atoms with van der Waals surface area (Å²) in [6.07, 6.45) is -14.5. The molecule has 6 aromatic rings. The summed E-state index contributed by atoms with van der Waals surface area (Å²) in [6, 6.07) is 24.1. The van der Waals surface area contributed by atoms with Gasteiger partial charge in [0.05, 0.1) is 0 Å². The number of fused-ring (bicyclic) bond motifs is 5. The molecule has 0 N–H and O–H groups in total. The number of hydrogen-bond donors (Lipinski definition) is 0. The Bertz CT molecular complexity index is 3000. The first-order chi connectivity index (χ1) is 33.7. The molecule has 0 saturated carbocycles. The number of alkyl halides is 12. The van der Waals surface area contributed by atoms with E-state index >= 15 is 0 Å². The van der Waals surface area contributed by atoms with E-state index in [0.717, 1.165) is 60.2 Å². The van der Waals surface area contributed by atoms with Gasteiger partial charge in [0.25, 0.3) is 0 Å². The van der Waals surface area contributed by atoms with Crippen molar-refractivity contribution in [3.63, 3.8) is 0 Å². The summed E-state index contributed by atoms with van der Waals surface area (Å²) < 4.78 is 174. The zero-order chi connectivity index (χ0) is 52.1. The molecule has 9 rings (SSSR count). The fraction of sp³-hybridized carbons (Fsp3) is 0.286. The van der Waals surface area contributed by atoms with Gasteiger partial charge in [-0.05, 0) is 0 Å². The molecule has 0 aromatic heterocycles. The molecule has 2 unspecified atom stereocenters. The SMILES string of the molecule is CCCC1=Cc2c(ccc(CC)c2-c2cc(C(F)(F)F)cc(C(F)(F)F)c2)[CH]1[Zr]([Cl])([Cl])([c]1cccc2c1[SiH2]c1ccccc1-2)[CH]1C(CCC)=Cc2c1ccc(CC)c2-c1cc(C(F)(F)F)cc(C(F)(F)F)c1. The van der Waals surface area contributed by atoms with Gasteiger partial charge in [0.1, 0.15) is 0 Å². The van der Waals surface area contributed by atoms with Crippen LogP contribution in [-0.2, 0) is 53.9 Å². The number of hydrogen-bond acceptors (Lipinski definition) is 0. The van der Waals surface area contributed by atoms with Crippen LogP contribution in [-0.4, -0.2) is 9.52 Å². The van der Waals surface area contributed by atoms with Crippen LogP contribution >= 0.6 is 17.0 Å². The van der Waals surface area contributed by atoms with Crippen molar-refractivity contribution in [2.75, 3.05) is 0 Å². The molecular formula is C56H47Cl2F12SiZr. The van der Waals surface area contributed by atoms with Crippen molar-refractivity contribution in [1.82, 2.24) is 0 Å². The number of halogens is 14. The molecule has 3 aliphatic rings. The van der Waals surface area contributed by atoms with E-state index in [2.05, 4.69) is 6.07 Å². The fourth-order valence-corrected chi connectivity index (χ4v) is 39.9. The minimum absolute atomic E-state index is 0.103. The topological polar surface area (TPSA) is 0 Å². The van der Waals surface area contributed by atoms with Gasteiger partial charge in [0, 0.05) is 0 Å². The third-order valence-corrected chi connectivity index (χ3v) is 37.6. The van der Waals surface area contributed by atoms with Crippen LogP contribution in [0, 0.1) is 0 Å². The van der Waals surface area contributed by atoms with Crippen LogP contribution in [0.15, 0.2) is 114 Å². The van der Waals surface area contributed by atoms with Crippen molar-refractivity contribution in [2.24, 2.45) is 0 Å². The molecule has 377 valence electrons. The van der Waals surface area contributed by atoms with E-state index in [0.29, 0.717) is 59.1 Å². The number of rotatable bonds is 11. The van der Waals surface area contributed by atoms with E-state index in [1.165, 1.54) is 0 Å². The van der Waals surface area contributed by atoms with Gasteiger partial charge in [-0.25, -0.2) is 0 Å². The number of benzene rings is 6. The first-order valence-corrected chi connectivity index (χ1v) is 35.7. The van der Waals surface area contributed by atoms with Crippen LogP contribution in [0.2, 0.25) is 0 Å². The first kappa shape index (κ1) is 52.5. The molecule has 16 heteroatoms. The van der Waals surface area contributed by atoms with Gasteiger partial charge in [-0.2, -0.15) is 0 Å². The Labute approximate surface area is 420 Å². The third kappa shape index (κ3) is 8.79. The van der Waals surface area contributed by atoms with Gasteiger partial charge in [-0.3, -0.25) is 0 Å². The zero-order valence-corrected chi connectivity index (χ0v) is 44.7. The van der Waals surface area contributed by atoms with Crippen LogP contribution in [0.25, 0.3) is 45.5 Å². The second kappa shape index (κ2) is 18.5. The van der Waals surface area contributed by atoms with Gasteiger partial charge in [-0.1, -0.05) is 0 Å². The Morgan fingerprint density at radius 3 is 1.28 bits per heavy atom. The van der Waals surface area contributed by atoms with E-state index in [9.17, 15) is 52.7 Å². The summed E-state index contributed by atoms with van der Waals surface area (Å²) in [5.41, 5.74) is 0.195. The molecule has 0 saturated heterocycles. The Morgan fingerprint density at radius 2 is 0.889 bits per heavy atom. The Balaban J connectivity index is 1.40. The molecule has 6 aromatic carbocycles. The van der Waals surface area contributed by atoms with Gasteiger partial charge in [0.2, 0.25) is 0 Å². The van der Waals surface area contributed by atoms with E-state index in [4.69, 9.17) is 17.0 Å². The standard InChI is InChI=1S/2C22H19F6.C12H9Si.2ClH.Zr/c2*1-3-5-13-8-15-7-6-14(4-2)20(19(15)9-13)16-10-17(21(23,24)25)12-18(11-16)22(26,27)28;1-3-7-11-9(5-1)10-6-2-4-8-12(10)13-11;;;/h2*6-12H,3-5H2,1-2H3;1-7H,13H2;2*1H;/q;;;;;+2/p-2. The van der Waals surface area contributed by atoms with E-state index in [1.54, 1.807) is 26.0 Å². The van der Waals surface area contributed by atoms with Crippen LogP contribution in [0.3, 0.4) is 0 Å². The molecule has 0 bridgehead atoms. The molecule has 1 heterocycles. The molecule has 0 nitrogen and oxygen atoms in total. The quantitative estimate of drug-likeness (QED) is 0.0895. The molecule has 2 atom stereocenters. The summed E-state index contributed by atoms with van der Waals surface area (Å²) in [6.45, 7) is 7.40. The van der Waals surface area contributed by atoms with Crippen molar-refractivity contribution < 1.29 is 69.1 Å². The van der Waals surface area contributed by atoms with E-state index in [1.807, 2.05) is 74.5 Å². The predicted molar refractivity (Wildman–Crippen MR) is 265 cm³/mol. The minimum atomic E-state index is -6.53. The van der Waals surface area contributed by atoms with Crippen LogP contribution in [0.4, 0.5) is 52.7 Å². The van der Waals surface area contributed by atoms with Gasteiger partial charge >= 0.3 is 423 Å².